The Morgan fingerprint density at radius 3 is 2.53 bits per heavy atom. The quantitative estimate of drug-likeness (QED) is 0.345. The zero-order chi connectivity index (χ0) is 22.8. The van der Waals surface area contributed by atoms with Crippen LogP contribution in [-0.4, -0.2) is 28.6 Å². The molecule has 0 aliphatic carbocycles. The van der Waals surface area contributed by atoms with E-state index in [1.54, 1.807) is 43.3 Å². The smallest absolute Gasteiger partial charge is 0.301 e. The van der Waals surface area contributed by atoms with Gasteiger partial charge in [-0.25, -0.2) is 0 Å². The number of amides is 1. The number of aliphatic hydroxyl groups excluding tert-OH is 1. The van der Waals surface area contributed by atoms with Crippen molar-refractivity contribution in [2.75, 3.05) is 11.5 Å². The molecule has 0 saturated carbocycles. The molecule has 1 N–H and O–H groups in total. The summed E-state index contributed by atoms with van der Waals surface area (Å²) >= 11 is 0. The molecule has 1 aliphatic rings. The maximum absolute atomic E-state index is 13.1. The Labute approximate surface area is 185 Å². The zero-order valence-electron chi connectivity index (χ0n) is 18.2. The van der Waals surface area contributed by atoms with Gasteiger partial charge in [0, 0.05) is 11.6 Å². The van der Waals surface area contributed by atoms with Gasteiger partial charge in [-0.15, -0.1) is 0 Å². The summed E-state index contributed by atoms with van der Waals surface area (Å²) in [5.74, 6) is -0.486. The summed E-state index contributed by atoms with van der Waals surface area (Å²) in [4.78, 5) is 27.5. The van der Waals surface area contributed by atoms with Gasteiger partial charge in [0.15, 0.2) is 5.82 Å². The molecule has 1 unspecified atom stereocenters. The molecule has 1 aliphatic heterocycles. The third-order valence-corrected chi connectivity index (χ3v) is 5.28. The molecule has 1 saturated heterocycles. The van der Waals surface area contributed by atoms with Crippen molar-refractivity contribution in [1.29, 1.82) is 0 Å². The van der Waals surface area contributed by atoms with Crippen LogP contribution in [0.4, 0.5) is 5.82 Å². The largest absolute Gasteiger partial charge is 0.507 e. The first-order valence-corrected chi connectivity index (χ1v) is 10.4. The van der Waals surface area contributed by atoms with Crippen molar-refractivity contribution >= 4 is 23.3 Å². The number of carbonyl (C=O) groups excluding carboxylic acids is 2. The van der Waals surface area contributed by atoms with Crippen LogP contribution in [0.5, 0.6) is 5.75 Å². The lowest BCUT2D eigenvalue weighted by Gasteiger charge is -2.23. The molecule has 1 aromatic heterocycles. The van der Waals surface area contributed by atoms with Crippen molar-refractivity contribution in [3.63, 3.8) is 0 Å². The third kappa shape index (κ3) is 3.89. The summed E-state index contributed by atoms with van der Waals surface area (Å²) in [5.41, 5.74) is 2.07. The first-order chi connectivity index (χ1) is 15.4. The first-order valence-electron chi connectivity index (χ1n) is 10.4. The highest BCUT2D eigenvalue weighted by molar-refractivity contribution is 6.51. The SMILES string of the molecule is CCCOc1cccc(C2/C(=C(\O)c3ccc(C)cc3)C(=O)C(=O)N2c2cc(C)on2)c1. The second-order valence-corrected chi connectivity index (χ2v) is 7.75. The lowest BCUT2D eigenvalue weighted by atomic mass is 9.95. The molecule has 2 heterocycles. The number of ether oxygens (including phenoxy) is 1. The number of nitrogens with zero attached hydrogens (tertiary/aromatic N) is 2. The number of ketones is 1. The summed E-state index contributed by atoms with van der Waals surface area (Å²) in [7, 11) is 0. The fraction of sp³-hybridized carbons (Fsp3) is 0.240. The van der Waals surface area contributed by atoms with Gasteiger partial charge in [-0.3, -0.25) is 14.5 Å². The number of aryl methyl sites for hydroxylation is 2. The number of rotatable bonds is 6. The van der Waals surface area contributed by atoms with Crippen LogP contribution in [-0.2, 0) is 9.59 Å². The molecule has 2 aromatic carbocycles. The van der Waals surface area contributed by atoms with E-state index in [2.05, 4.69) is 5.16 Å². The lowest BCUT2D eigenvalue weighted by molar-refractivity contribution is -0.132. The molecule has 7 nitrogen and oxygen atoms in total. The van der Waals surface area contributed by atoms with Gasteiger partial charge in [0.25, 0.3) is 5.78 Å². The molecular formula is C25H24N2O5. The van der Waals surface area contributed by atoms with Crippen molar-refractivity contribution in [2.45, 2.75) is 33.2 Å². The van der Waals surface area contributed by atoms with Gasteiger partial charge >= 0.3 is 5.91 Å². The predicted molar refractivity (Wildman–Crippen MR) is 119 cm³/mol. The molecule has 1 amide bonds. The summed E-state index contributed by atoms with van der Waals surface area (Å²) in [6.45, 7) is 6.17. The molecule has 4 rings (SSSR count). The molecule has 1 fully saturated rings. The highest BCUT2D eigenvalue weighted by Gasteiger charge is 2.48. The van der Waals surface area contributed by atoms with E-state index < -0.39 is 17.7 Å². The van der Waals surface area contributed by atoms with E-state index >= 15 is 0 Å². The molecule has 164 valence electrons. The van der Waals surface area contributed by atoms with E-state index in [1.165, 1.54) is 4.90 Å². The van der Waals surface area contributed by atoms with Crippen molar-refractivity contribution < 1.29 is 24.0 Å². The number of anilines is 1. The number of Topliss-reactive ketones (excluding diaryl/α,β-unsaturated/α-hetero) is 1. The van der Waals surface area contributed by atoms with Gasteiger partial charge in [-0.1, -0.05) is 54.0 Å². The van der Waals surface area contributed by atoms with Crippen LogP contribution in [0.3, 0.4) is 0 Å². The average molecular weight is 432 g/mol. The summed E-state index contributed by atoms with van der Waals surface area (Å²) in [6.07, 6.45) is 0.842. The topological polar surface area (TPSA) is 92.9 Å². The summed E-state index contributed by atoms with van der Waals surface area (Å²) in [6, 6.07) is 15.0. The minimum Gasteiger partial charge on any atom is -0.507 e. The normalized spacial score (nSPS) is 17.7. The van der Waals surface area contributed by atoms with Gasteiger partial charge in [-0.2, -0.15) is 0 Å². The Bertz CT molecular complexity index is 1190. The highest BCUT2D eigenvalue weighted by atomic mass is 16.5. The van der Waals surface area contributed by atoms with E-state index in [0.29, 0.717) is 29.2 Å². The highest BCUT2D eigenvalue weighted by Crippen LogP contribution is 2.42. The average Bonchev–Trinajstić information content (AvgIpc) is 3.33. The van der Waals surface area contributed by atoms with Crippen molar-refractivity contribution in [3.05, 3.63) is 82.6 Å². The Morgan fingerprint density at radius 2 is 1.88 bits per heavy atom. The van der Waals surface area contributed by atoms with Crippen LogP contribution in [0, 0.1) is 13.8 Å². The Hall–Kier alpha value is -3.87. The monoisotopic (exact) mass is 432 g/mol. The molecule has 1 atom stereocenters. The van der Waals surface area contributed by atoms with Gasteiger partial charge in [0.1, 0.15) is 17.3 Å². The zero-order valence-corrected chi connectivity index (χ0v) is 18.2. The van der Waals surface area contributed by atoms with Crippen molar-refractivity contribution in [2.24, 2.45) is 0 Å². The first kappa shape index (κ1) is 21.4. The summed E-state index contributed by atoms with van der Waals surface area (Å²) in [5, 5.41) is 15.1. The predicted octanol–water partition coefficient (Wildman–Crippen LogP) is 4.71. The van der Waals surface area contributed by atoms with Crippen molar-refractivity contribution in [3.8, 4) is 5.75 Å². The molecule has 3 aromatic rings. The molecule has 0 bridgehead atoms. The number of hydrogen-bond donors (Lipinski definition) is 1. The minimum absolute atomic E-state index is 0.00727. The second kappa shape index (κ2) is 8.70. The fourth-order valence-corrected chi connectivity index (χ4v) is 3.71. The van der Waals surface area contributed by atoms with Crippen LogP contribution in [0.2, 0.25) is 0 Å². The van der Waals surface area contributed by atoms with Gasteiger partial charge in [0.05, 0.1) is 18.2 Å². The van der Waals surface area contributed by atoms with E-state index in [0.717, 1.165) is 12.0 Å². The number of carbonyl (C=O) groups is 2. The summed E-state index contributed by atoms with van der Waals surface area (Å²) < 4.78 is 10.9. The minimum atomic E-state index is -0.883. The third-order valence-electron chi connectivity index (χ3n) is 5.28. The van der Waals surface area contributed by atoms with Gasteiger partial charge < -0.3 is 14.4 Å². The van der Waals surface area contributed by atoms with E-state index in [-0.39, 0.29) is 17.2 Å². The van der Waals surface area contributed by atoms with E-state index in [1.807, 2.05) is 32.0 Å². The van der Waals surface area contributed by atoms with Crippen LogP contribution >= 0.6 is 0 Å². The molecular weight excluding hydrogens is 408 g/mol. The van der Waals surface area contributed by atoms with Gasteiger partial charge in [-0.05, 0) is 38.0 Å². The van der Waals surface area contributed by atoms with Crippen molar-refractivity contribution in [1.82, 2.24) is 5.16 Å². The maximum atomic E-state index is 13.1. The Morgan fingerprint density at radius 1 is 1.12 bits per heavy atom. The molecule has 0 radical (unpaired) electrons. The lowest BCUT2D eigenvalue weighted by Crippen LogP contribution is -2.29. The van der Waals surface area contributed by atoms with Crippen LogP contribution in [0.25, 0.3) is 5.76 Å². The van der Waals surface area contributed by atoms with Crippen LogP contribution in [0.15, 0.2) is 64.7 Å². The van der Waals surface area contributed by atoms with Gasteiger partial charge in [0.2, 0.25) is 0 Å². The number of hydrogen-bond acceptors (Lipinski definition) is 6. The number of aromatic nitrogens is 1. The Kier molecular flexibility index (Phi) is 5.81. The van der Waals surface area contributed by atoms with Crippen LogP contribution in [0.1, 0.15) is 41.8 Å². The maximum Gasteiger partial charge on any atom is 0.301 e. The molecule has 0 spiro atoms. The Balaban J connectivity index is 1.90. The van der Waals surface area contributed by atoms with Crippen LogP contribution < -0.4 is 9.64 Å². The number of benzene rings is 2. The van der Waals surface area contributed by atoms with E-state index in [9.17, 15) is 14.7 Å². The fourth-order valence-electron chi connectivity index (χ4n) is 3.71. The number of aliphatic hydroxyl groups is 1. The molecule has 32 heavy (non-hydrogen) atoms. The standard InChI is InChI=1S/C25H24N2O5/c1-4-12-31-19-7-5-6-18(14-19)22-21(23(28)17-10-8-15(2)9-11-17)24(29)25(30)27(22)20-13-16(3)32-26-20/h5-11,13-14,22,28H,4,12H2,1-3H3/b23-21+. The second-order valence-electron chi connectivity index (χ2n) is 7.75. The molecule has 7 heteroatoms. The van der Waals surface area contributed by atoms with E-state index in [4.69, 9.17) is 9.26 Å².